The summed E-state index contributed by atoms with van der Waals surface area (Å²) in [5.41, 5.74) is 4.53. The first-order valence-corrected chi connectivity index (χ1v) is 18.9. The van der Waals surface area contributed by atoms with Crippen LogP contribution in [0.1, 0.15) is 52.7 Å². The normalized spacial score (nSPS) is 17.0. The van der Waals surface area contributed by atoms with Crippen molar-refractivity contribution < 1.29 is 18.3 Å². The van der Waals surface area contributed by atoms with Gasteiger partial charge in [-0.25, -0.2) is 23.4 Å². The van der Waals surface area contributed by atoms with Crippen molar-refractivity contribution in [1.82, 2.24) is 34.4 Å². The number of benzene rings is 3. The summed E-state index contributed by atoms with van der Waals surface area (Å²) in [6.45, 7) is 9.42. The summed E-state index contributed by atoms with van der Waals surface area (Å²) >= 11 is 6.14. The first kappa shape index (κ1) is 37.7. The SMILES string of the molecule is CC.CC.Cn1nc2cccc3c2c1CCCN(CCCCl)C(=O)C1CC(CN1c1ncnc2c1cnn2-c1ccc(F)cc1F)Oc1cccc-3c1. The molecule has 0 saturated carbocycles. The van der Waals surface area contributed by atoms with Crippen LogP contribution in [-0.2, 0) is 18.3 Å². The van der Waals surface area contributed by atoms with E-state index in [1.54, 1.807) is 6.20 Å². The number of hydrogen-bond donors (Lipinski definition) is 0. The number of anilines is 1. The minimum atomic E-state index is -0.771. The number of ether oxygens (including phenoxy) is 1. The second-order valence-corrected chi connectivity index (χ2v) is 12.9. The molecule has 8 rings (SSSR count). The third-order valence-electron chi connectivity index (χ3n) is 9.44. The smallest absolute Gasteiger partial charge is 0.245 e. The van der Waals surface area contributed by atoms with Crippen LogP contribution in [0, 0.1) is 11.6 Å². The van der Waals surface area contributed by atoms with E-state index in [2.05, 4.69) is 27.2 Å². The van der Waals surface area contributed by atoms with E-state index in [1.165, 1.54) is 23.1 Å². The Hall–Kier alpha value is -5.10. The van der Waals surface area contributed by atoms with Gasteiger partial charge in [0.05, 0.1) is 23.6 Å². The molecule has 5 heterocycles. The molecule has 2 unspecified atom stereocenters. The van der Waals surface area contributed by atoms with Crippen LogP contribution in [0.4, 0.5) is 14.6 Å². The predicted molar refractivity (Wildman–Crippen MR) is 206 cm³/mol. The van der Waals surface area contributed by atoms with Gasteiger partial charge >= 0.3 is 0 Å². The molecule has 53 heavy (non-hydrogen) atoms. The highest BCUT2D eigenvalue weighted by molar-refractivity contribution is 6.17. The van der Waals surface area contributed by atoms with Gasteiger partial charge < -0.3 is 14.5 Å². The van der Waals surface area contributed by atoms with Crippen LogP contribution in [0.5, 0.6) is 5.75 Å². The van der Waals surface area contributed by atoms with Crippen LogP contribution in [0.2, 0.25) is 0 Å². The summed E-state index contributed by atoms with van der Waals surface area (Å²) < 4.78 is 38.4. The first-order chi connectivity index (χ1) is 25.9. The number of carbonyl (C=O) groups excluding carboxylic acids is 1. The zero-order valence-electron chi connectivity index (χ0n) is 30.8. The summed E-state index contributed by atoms with van der Waals surface area (Å²) in [7, 11) is 1.97. The van der Waals surface area contributed by atoms with E-state index in [-0.39, 0.29) is 17.7 Å². The molecule has 2 atom stereocenters. The van der Waals surface area contributed by atoms with E-state index < -0.39 is 17.7 Å². The van der Waals surface area contributed by atoms with Gasteiger partial charge in [0.15, 0.2) is 11.5 Å². The number of halogens is 3. The lowest BCUT2D eigenvalue weighted by Crippen LogP contribution is -2.47. The summed E-state index contributed by atoms with van der Waals surface area (Å²) in [6, 6.07) is 16.9. The van der Waals surface area contributed by atoms with Crippen LogP contribution in [-0.4, -0.2) is 78.0 Å². The van der Waals surface area contributed by atoms with Gasteiger partial charge in [-0.1, -0.05) is 52.0 Å². The highest BCUT2D eigenvalue weighted by Crippen LogP contribution is 2.36. The van der Waals surface area contributed by atoms with E-state index in [1.807, 2.05) is 79.6 Å². The van der Waals surface area contributed by atoms with E-state index in [0.29, 0.717) is 61.0 Å². The summed E-state index contributed by atoms with van der Waals surface area (Å²) in [5.74, 6) is 0.110. The van der Waals surface area contributed by atoms with E-state index in [4.69, 9.17) is 21.4 Å². The molecule has 6 aromatic rings. The van der Waals surface area contributed by atoms with Gasteiger partial charge in [0, 0.05) is 49.6 Å². The Morgan fingerprint density at radius 2 is 1.81 bits per heavy atom. The molecule has 4 bridgehead atoms. The molecule has 1 saturated heterocycles. The average molecular weight is 743 g/mol. The molecule has 3 aromatic carbocycles. The number of hydrogen-bond acceptors (Lipinski definition) is 7. The van der Waals surface area contributed by atoms with Crippen LogP contribution >= 0.6 is 11.6 Å². The number of aryl methyl sites for hydroxylation is 2. The Labute approximate surface area is 313 Å². The molecule has 0 spiro atoms. The lowest BCUT2D eigenvalue weighted by Gasteiger charge is -2.31. The second-order valence-electron chi connectivity index (χ2n) is 12.5. The fourth-order valence-corrected chi connectivity index (χ4v) is 7.36. The Bertz CT molecular complexity index is 2200. The Morgan fingerprint density at radius 1 is 1.00 bits per heavy atom. The van der Waals surface area contributed by atoms with Gasteiger partial charge in [-0.05, 0) is 60.7 Å². The lowest BCUT2D eigenvalue weighted by molar-refractivity contribution is -0.132. The second kappa shape index (κ2) is 16.7. The number of alkyl halides is 1. The van der Waals surface area contributed by atoms with Crippen molar-refractivity contribution in [2.75, 3.05) is 30.4 Å². The largest absolute Gasteiger partial charge is 0.488 e. The van der Waals surface area contributed by atoms with Crippen molar-refractivity contribution in [2.24, 2.45) is 7.05 Å². The molecule has 2 aliphatic heterocycles. The molecule has 1 amide bonds. The van der Waals surface area contributed by atoms with Gasteiger partial charge in [0.25, 0.3) is 0 Å². The minimum Gasteiger partial charge on any atom is -0.488 e. The van der Waals surface area contributed by atoms with Crippen molar-refractivity contribution in [1.29, 1.82) is 0 Å². The summed E-state index contributed by atoms with van der Waals surface area (Å²) in [6.07, 6.45) is 5.12. The standard InChI is InChI=1S/C36H33ClF2N8O2.2C2H6/c1-44-31-10-4-14-45(15-5-13-37)36(48)32-18-25(49-24-7-2-6-22(16-24)26-8-3-9-29(43-44)33(26)31)20-46(32)34-27-19-42-47(35(27)41-21-40-34)30-12-11-23(38)17-28(30)39;2*1-2/h2-3,6-9,11-12,16-17,19,21,25,32H,4-5,10,13-15,18,20H2,1H3;2*1-2H3. The van der Waals surface area contributed by atoms with E-state index in [9.17, 15) is 13.6 Å². The molecule has 10 nitrogen and oxygen atoms in total. The third-order valence-corrected chi connectivity index (χ3v) is 9.71. The van der Waals surface area contributed by atoms with Gasteiger partial charge in [-0.15, -0.1) is 11.6 Å². The molecule has 13 heteroatoms. The van der Waals surface area contributed by atoms with E-state index in [0.717, 1.165) is 46.6 Å². The van der Waals surface area contributed by atoms with Gasteiger partial charge in [0.2, 0.25) is 5.91 Å². The van der Waals surface area contributed by atoms with Crippen molar-refractivity contribution in [2.45, 2.75) is 65.5 Å². The first-order valence-electron chi connectivity index (χ1n) is 18.4. The number of carbonyl (C=O) groups is 1. The van der Waals surface area contributed by atoms with Crippen molar-refractivity contribution in [3.63, 3.8) is 0 Å². The van der Waals surface area contributed by atoms with Crippen LogP contribution < -0.4 is 9.64 Å². The fourth-order valence-electron chi connectivity index (χ4n) is 7.24. The van der Waals surface area contributed by atoms with Gasteiger partial charge in [-0.3, -0.25) is 9.48 Å². The molecule has 2 aliphatic rings. The molecular weight excluding hydrogens is 698 g/mol. The van der Waals surface area contributed by atoms with Crippen LogP contribution in [0.3, 0.4) is 0 Å². The number of rotatable bonds is 5. The number of fused-ring (bicyclic) bond motifs is 6. The molecule has 0 aliphatic carbocycles. The van der Waals surface area contributed by atoms with Crippen molar-refractivity contribution in [3.8, 4) is 22.6 Å². The van der Waals surface area contributed by atoms with Crippen LogP contribution in [0.15, 0.2) is 73.2 Å². The van der Waals surface area contributed by atoms with Crippen molar-refractivity contribution in [3.05, 3.63) is 90.5 Å². The molecule has 1 fully saturated rings. The molecular formula is C40H45ClF2N8O2. The zero-order chi connectivity index (χ0) is 37.6. The Balaban J connectivity index is 0.00000116. The quantitative estimate of drug-likeness (QED) is 0.165. The zero-order valence-corrected chi connectivity index (χ0v) is 31.5. The van der Waals surface area contributed by atoms with Gasteiger partial charge in [0.1, 0.15) is 41.5 Å². The van der Waals surface area contributed by atoms with Crippen LogP contribution in [0.25, 0.3) is 38.8 Å². The summed E-state index contributed by atoms with van der Waals surface area (Å²) in [5, 5.41) is 10.8. The molecule has 3 aromatic heterocycles. The monoisotopic (exact) mass is 742 g/mol. The highest BCUT2D eigenvalue weighted by atomic mass is 35.5. The summed E-state index contributed by atoms with van der Waals surface area (Å²) in [4.78, 5) is 27.5. The maximum atomic E-state index is 14.8. The van der Waals surface area contributed by atoms with Crippen molar-refractivity contribution >= 4 is 45.3 Å². The number of aromatic nitrogens is 6. The molecule has 0 N–H and O–H groups in total. The highest BCUT2D eigenvalue weighted by Gasteiger charge is 2.42. The minimum absolute atomic E-state index is 0.0425. The number of amides is 1. The number of nitrogens with zero attached hydrogens (tertiary/aromatic N) is 8. The lowest BCUT2D eigenvalue weighted by atomic mass is 9.98. The third kappa shape index (κ3) is 7.42. The average Bonchev–Trinajstić information content (AvgIpc) is 3.89. The molecule has 278 valence electrons. The van der Waals surface area contributed by atoms with Gasteiger partial charge in [-0.2, -0.15) is 10.2 Å². The molecule has 0 radical (unpaired) electrons. The Kier molecular flexibility index (Phi) is 11.9. The topological polar surface area (TPSA) is 94.2 Å². The maximum Gasteiger partial charge on any atom is 0.245 e. The van der Waals surface area contributed by atoms with E-state index >= 15 is 0 Å². The maximum absolute atomic E-state index is 14.8. The fraction of sp³-hybridized carbons (Fsp3) is 0.375. The Morgan fingerprint density at radius 3 is 2.60 bits per heavy atom. The predicted octanol–water partition coefficient (Wildman–Crippen LogP) is 8.13.